The van der Waals surface area contributed by atoms with E-state index in [1.807, 2.05) is 46.8 Å². The van der Waals surface area contributed by atoms with Gasteiger partial charge >= 0.3 is 0 Å². The molecule has 32 heavy (non-hydrogen) atoms. The predicted molar refractivity (Wildman–Crippen MR) is 121 cm³/mol. The number of ether oxygens (including phenoxy) is 1. The molecule has 0 saturated heterocycles. The van der Waals surface area contributed by atoms with Gasteiger partial charge in [0.05, 0.1) is 13.1 Å². The quantitative estimate of drug-likeness (QED) is 0.475. The summed E-state index contributed by atoms with van der Waals surface area (Å²) in [6.45, 7) is 11.4. The fourth-order valence-corrected chi connectivity index (χ4v) is 3.29. The molecule has 2 aromatic rings. The number of hydrogen-bond donors (Lipinski definition) is 0. The first-order chi connectivity index (χ1) is 15.1. The maximum absolute atomic E-state index is 13.3. The molecule has 0 radical (unpaired) electrons. The normalized spacial score (nSPS) is 11.4. The summed E-state index contributed by atoms with van der Waals surface area (Å²) in [4.78, 5) is 29.6. The number of carbonyl (C=O) groups is 2. The van der Waals surface area contributed by atoms with E-state index in [0.717, 1.165) is 11.3 Å². The van der Waals surface area contributed by atoms with Crippen LogP contribution in [0.4, 0.5) is 4.39 Å². The number of furan rings is 1. The lowest BCUT2D eigenvalue weighted by molar-refractivity contribution is -0.146. The molecule has 0 fully saturated rings. The highest BCUT2D eigenvalue weighted by Gasteiger charge is 2.30. The third-order valence-electron chi connectivity index (χ3n) is 4.96. The molecule has 7 heteroatoms. The minimum absolute atomic E-state index is 0.0386. The molecule has 0 N–H and O–H groups in total. The second kappa shape index (κ2) is 11.8. The van der Waals surface area contributed by atoms with Crippen LogP contribution in [0.15, 0.2) is 40.8 Å². The Morgan fingerprint density at radius 3 is 2.28 bits per heavy atom. The van der Waals surface area contributed by atoms with Crippen LogP contribution in [0.3, 0.4) is 0 Å². The van der Waals surface area contributed by atoms with Crippen LogP contribution in [-0.2, 0) is 27.4 Å². The summed E-state index contributed by atoms with van der Waals surface area (Å²) in [6.07, 6.45) is 0.651. The zero-order valence-electron chi connectivity index (χ0n) is 19.8. The summed E-state index contributed by atoms with van der Waals surface area (Å²) in [6, 6.07) is 9.74. The Morgan fingerprint density at radius 1 is 1.03 bits per heavy atom. The molecular weight excluding hydrogens is 411 g/mol. The summed E-state index contributed by atoms with van der Waals surface area (Å²) < 4.78 is 24.4. The Bertz CT molecular complexity index is 871. The molecule has 0 aliphatic rings. The van der Waals surface area contributed by atoms with Crippen molar-refractivity contribution in [1.29, 1.82) is 0 Å². The van der Waals surface area contributed by atoms with E-state index in [9.17, 15) is 14.0 Å². The van der Waals surface area contributed by atoms with Gasteiger partial charge in [0.15, 0.2) is 0 Å². The number of nitrogens with zero attached hydrogens (tertiary/aromatic N) is 2. The third kappa shape index (κ3) is 8.11. The van der Waals surface area contributed by atoms with Gasteiger partial charge in [0.1, 0.15) is 17.3 Å². The third-order valence-corrected chi connectivity index (χ3v) is 4.96. The van der Waals surface area contributed by atoms with Crippen molar-refractivity contribution in [2.75, 3.05) is 26.3 Å². The van der Waals surface area contributed by atoms with Crippen molar-refractivity contribution >= 4 is 11.8 Å². The summed E-state index contributed by atoms with van der Waals surface area (Å²) in [5.41, 5.74) is 0.194. The van der Waals surface area contributed by atoms with Crippen molar-refractivity contribution in [1.82, 2.24) is 9.80 Å². The van der Waals surface area contributed by atoms with Crippen LogP contribution in [0.1, 0.15) is 51.2 Å². The standard InChI is InChI=1S/C25H35FN2O4/c1-6-31-15-7-14-27(24(30)25(3,4)5)18-23(29)28(17-22-13-8-19(2)32-22)16-20-9-11-21(26)12-10-20/h8-13H,6-7,14-18H2,1-5H3. The molecule has 0 aliphatic heterocycles. The van der Waals surface area contributed by atoms with Gasteiger partial charge in [-0.15, -0.1) is 0 Å². The number of carbonyl (C=O) groups excluding carboxylic acids is 2. The molecule has 0 aliphatic carbocycles. The topological polar surface area (TPSA) is 63.0 Å². The predicted octanol–water partition coefficient (Wildman–Crippen LogP) is 4.56. The van der Waals surface area contributed by atoms with E-state index in [0.29, 0.717) is 31.9 Å². The van der Waals surface area contributed by atoms with E-state index in [1.165, 1.54) is 12.1 Å². The van der Waals surface area contributed by atoms with Crippen molar-refractivity contribution in [2.24, 2.45) is 5.41 Å². The van der Waals surface area contributed by atoms with Gasteiger partial charge in [0.2, 0.25) is 11.8 Å². The molecule has 2 rings (SSSR count). The molecule has 1 heterocycles. The maximum atomic E-state index is 13.3. The highest BCUT2D eigenvalue weighted by atomic mass is 19.1. The number of halogens is 1. The lowest BCUT2D eigenvalue weighted by Crippen LogP contribution is -2.46. The first-order valence-electron chi connectivity index (χ1n) is 11.0. The average Bonchev–Trinajstić information content (AvgIpc) is 3.14. The van der Waals surface area contributed by atoms with Gasteiger partial charge in [-0.1, -0.05) is 32.9 Å². The molecule has 1 aromatic carbocycles. The maximum Gasteiger partial charge on any atom is 0.242 e. The molecule has 2 amide bonds. The van der Waals surface area contributed by atoms with Crippen molar-refractivity contribution < 1.29 is 23.1 Å². The fourth-order valence-electron chi connectivity index (χ4n) is 3.29. The first-order valence-corrected chi connectivity index (χ1v) is 11.0. The number of aryl methyl sites for hydroxylation is 1. The highest BCUT2D eigenvalue weighted by Crippen LogP contribution is 2.19. The molecular formula is C25H35FN2O4. The van der Waals surface area contributed by atoms with Crippen molar-refractivity contribution in [3.63, 3.8) is 0 Å². The van der Waals surface area contributed by atoms with E-state index in [-0.39, 0.29) is 37.3 Å². The summed E-state index contributed by atoms with van der Waals surface area (Å²) >= 11 is 0. The van der Waals surface area contributed by atoms with Crippen LogP contribution in [-0.4, -0.2) is 47.9 Å². The lowest BCUT2D eigenvalue weighted by atomic mass is 9.94. The van der Waals surface area contributed by atoms with E-state index >= 15 is 0 Å². The molecule has 0 spiro atoms. The summed E-state index contributed by atoms with van der Waals surface area (Å²) in [7, 11) is 0. The van der Waals surface area contributed by atoms with Gasteiger partial charge in [-0.25, -0.2) is 4.39 Å². The van der Waals surface area contributed by atoms with Crippen molar-refractivity contribution in [3.05, 3.63) is 59.3 Å². The van der Waals surface area contributed by atoms with Gasteiger partial charge < -0.3 is 19.0 Å². The van der Waals surface area contributed by atoms with Gasteiger partial charge in [0, 0.05) is 31.7 Å². The van der Waals surface area contributed by atoms with Crippen molar-refractivity contribution in [3.8, 4) is 0 Å². The van der Waals surface area contributed by atoms with Crippen LogP contribution < -0.4 is 0 Å². The van der Waals surface area contributed by atoms with E-state index in [2.05, 4.69) is 0 Å². The molecule has 0 unspecified atom stereocenters. The molecule has 176 valence electrons. The Balaban J connectivity index is 2.19. The second-order valence-corrected chi connectivity index (χ2v) is 8.92. The van der Waals surface area contributed by atoms with Crippen LogP contribution in [0, 0.1) is 18.2 Å². The number of amides is 2. The fraction of sp³-hybridized carbons (Fsp3) is 0.520. The SMILES string of the molecule is CCOCCCN(CC(=O)N(Cc1ccc(F)cc1)Cc1ccc(C)o1)C(=O)C(C)(C)C. The van der Waals surface area contributed by atoms with Gasteiger partial charge in [0.25, 0.3) is 0 Å². The van der Waals surface area contributed by atoms with E-state index in [1.54, 1.807) is 21.9 Å². The van der Waals surface area contributed by atoms with Crippen LogP contribution >= 0.6 is 0 Å². The molecule has 6 nitrogen and oxygen atoms in total. The monoisotopic (exact) mass is 446 g/mol. The molecule has 0 atom stereocenters. The molecule has 0 saturated carbocycles. The Kier molecular flexibility index (Phi) is 9.44. The Morgan fingerprint density at radius 2 is 1.72 bits per heavy atom. The van der Waals surface area contributed by atoms with Crippen molar-refractivity contribution in [2.45, 2.75) is 54.1 Å². The number of benzene rings is 1. The summed E-state index contributed by atoms with van der Waals surface area (Å²) in [5.74, 6) is 0.803. The van der Waals surface area contributed by atoms with Crippen LogP contribution in [0.5, 0.6) is 0 Å². The zero-order chi connectivity index (χ0) is 23.7. The van der Waals surface area contributed by atoms with Crippen LogP contribution in [0.2, 0.25) is 0 Å². The zero-order valence-corrected chi connectivity index (χ0v) is 19.8. The van der Waals surface area contributed by atoms with E-state index < -0.39 is 5.41 Å². The molecule has 1 aromatic heterocycles. The number of hydrogen-bond acceptors (Lipinski definition) is 4. The van der Waals surface area contributed by atoms with Gasteiger partial charge in [-0.3, -0.25) is 9.59 Å². The average molecular weight is 447 g/mol. The van der Waals surface area contributed by atoms with E-state index in [4.69, 9.17) is 9.15 Å². The second-order valence-electron chi connectivity index (χ2n) is 8.92. The smallest absolute Gasteiger partial charge is 0.242 e. The highest BCUT2D eigenvalue weighted by molar-refractivity contribution is 5.87. The minimum atomic E-state index is -0.605. The Labute approximate surface area is 190 Å². The Hall–Kier alpha value is -2.67. The summed E-state index contributed by atoms with van der Waals surface area (Å²) in [5, 5.41) is 0. The first kappa shape index (κ1) is 25.6. The van der Waals surface area contributed by atoms with Gasteiger partial charge in [-0.2, -0.15) is 0 Å². The minimum Gasteiger partial charge on any atom is -0.464 e. The lowest BCUT2D eigenvalue weighted by Gasteiger charge is -2.31. The molecule has 0 bridgehead atoms. The number of rotatable bonds is 11. The van der Waals surface area contributed by atoms with Crippen LogP contribution in [0.25, 0.3) is 0 Å². The largest absolute Gasteiger partial charge is 0.464 e. The van der Waals surface area contributed by atoms with Gasteiger partial charge in [-0.05, 0) is 50.1 Å².